The zero-order valence-corrected chi connectivity index (χ0v) is 15.6. The third-order valence-corrected chi connectivity index (χ3v) is 4.82. The molecule has 0 saturated carbocycles. The monoisotopic (exact) mass is 407 g/mol. The van der Waals surface area contributed by atoms with Crippen LogP contribution in [0.15, 0.2) is 22.8 Å². The number of methoxy groups -OCH3 is 1. The molecule has 1 aliphatic rings. The highest BCUT2D eigenvalue weighted by Crippen LogP contribution is 2.35. The van der Waals surface area contributed by atoms with E-state index in [1.807, 2.05) is 18.2 Å². The average Bonchev–Trinajstić information content (AvgIpc) is 2.99. The number of fused-ring (bicyclic) bond motifs is 4. The number of rotatable bonds is 1. The van der Waals surface area contributed by atoms with Crippen LogP contribution < -0.4 is 16.4 Å². The summed E-state index contributed by atoms with van der Waals surface area (Å²) in [5, 5.41) is 6.14. The molecule has 7 nitrogen and oxygen atoms in total. The van der Waals surface area contributed by atoms with Gasteiger partial charge in [0, 0.05) is 23.5 Å². The number of nitrogens with zero attached hydrogens (tertiary/aromatic N) is 1. The minimum absolute atomic E-state index is 0.0962. The number of benzene rings is 1. The molecule has 2 bridgehead atoms. The molecule has 1 amide bonds. The summed E-state index contributed by atoms with van der Waals surface area (Å²) in [5.74, 6) is 0.783. The average molecular weight is 408 g/mol. The number of imidazole rings is 1. The van der Waals surface area contributed by atoms with E-state index in [9.17, 15) is 4.79 Å². The Morgan fingerprint density at radius 1 is 1.40 bits per heavy atom. The van der Waals surface area contributed by atoms with E-state index in [0.717, 1.165) is 59.6 Å². The Labute approximate surface area is 154 Å². The van der Waals surface area contributed by atoms with Crippen LogP contribution in [0.2, 0.25) is 0 Å². The fourth-order valence-corrected chi connectivity index (χ4v) is 3.40. The van der Waals surface area contributed by atoms with Crippen molar-refractivity contribution in [3.05, 3.63) is 28.6 Å². The number of carbonyl (C=O) groups is 1. The minimum Gasteiger partial charge on any atom is -0.453 e. The number of anilines is 2. The van der Waals surface area contributed by atoms with Crippen molar-refractivity contribution < 1.29 is 9.53 Å². The Hall–Kier alpha value is -2.06. The molecule has 0 aliphatic carbocycles. The molecule has 0 fully saturated rings. The molecular formula is C17H22BrN5O2. The van der Waals surface area contributed by atoms with Gasteiger partial charge in [0.15, 0.2) is 0 Å². The van der Waals surface area contributed by atoms with Crippen LogP contribution in [0.4, 0.5) is 16.2 Å². The summed E-state index contributed by atoms with van der Waals surface area (Å²) in [6, 6.07) is 5.54. The minimum atomic E-state index is -0.498. The fourth-order valence-electron chi connectivity index (χ4n) is 2.89. The Morgan fingerprint density at radius 2 is 2.24 bits per heavy atom. The number of hydrogen-bond donors (Lipinski definition) is 4. The van der Waals surface area contributed by atoms with E-state index in [4.69, 9.17) is 10.7 Å². The van der Waals surface area contributed by atoms with E-state index in [1.165, 1.54) is 7.11 Å². The van der Waals surface area contributed by atoms with Crippen molar-refractivity contribution in [1.82, 2.24) is 9.97 Å². The van der Waals surface area contributed by atoms with E-state index in [1.54, 1.807) is 0 Å². The number of carbonyl (C=O) groups excluding carboxylic acids is 1. The van der Waals surface area contributed by atoms with E-state index >= 15 is 0 Å². The molecule has 0 radical (unpaired) electrons. The van der Waals surface area contributed by atoms with Crippen molar-refractivity contribution in [3.63, 3.8) is 0 Å². The van der Waals surface area contributed by atoms with Crippen LogP contribution in [0.1, 0.15) is 37.5 Å². The van der Waals surface area contributed by atoms with Gasteiger partial charge in [-0.1, -0.05) is 12.8 Å². The predicted octanol–water partition coefficient (Wildman–Crippen LogP) is 4.00. The van der Waals surface area contributed by atoms with Crippen molar-refractivity contribution in [1.29, 1.82) is 0 Å². The second-order valence-electron chi connectivity index (χ2n) is 6.04. The predicted molar refractivity (Wildman–Crippen MR) is 102 cm³/mol. The lowest BCUT2D eigenvalue weighted by Gasteiger charge is -2.15. The van der Waals surface area contributed by atoms with Gasteiger partial charge in [-0.2, -0.15) is 0 Å². The van der Waals surface area contributed by atoms with E-state index in [0.29, 0.717) is 5.69 Å². The molecule has 3 rings (SSSR count). The quantitative estimate of drug-likeness (QED) is 0.571. The maximum Gasteiger partial charge on any atom is 0.411 e. The highest BCUT2D eigenvalue weighted by Gasteiger charge is 2.19. The lowest BCUT2D eigenvalue weighted by atomic mass is 10.1. The zero-order valence-electron chi connectivity index (χ0n) is 14.1. The summed E-state index contributed by atoms with van der Waals surface area (Å²) >= 11 is 3.55. The van der Waals surface area contributed by atoms with Gasteiger partial charge >= 0.3 is 6.09 Å². The first-order chi connectivity index (χ1) is 12.1. The van der Waals surface area contributed by atoms with E-state index in [-0.39, 0.29) is 6.04 Å². The van der Waals surface area contributed by atoms with Crippen LogP contribution in [-0.2, 0) is 4.74 Å². The molecule has 1 atom stereocenters. The number of amides is 1. The molecule has 0 unspecified atom stereocenters. The van der Waals surface area contributed by atoms with Crippen LogP contribution in [0.5, 0.6) is 0 Å². The van der Waals surface area contributed by atoms with Crippen LogP contribution in [0.3, 0.4) is 0 Å². The molecule has 5 N–H and O–H groups in total. The Kier molecular flexibility index (Phi) is 5.60. The molecule has 8 heteroatoms. The SMILES string of the molecule is COC(=O)Nc1ccc2c(c1)NCCCCC[C@H](N)c1nc-2c(Br)[nH]1. The van der Waals surface area contributed by atoms with Gasteiger partial charge in [0.05, 0.1) is 13.2 Å². The van der Waals surface area contributed by atoms with Crippen molar-refractivity contribution >= 4 is 33.4 Å². The largest absolute Gasteiger partial charge is 0.453 e. The van der Waals surface area contributed by atoms with Gasteiger partial charge in [0.25, 0.3) is 0 Å². The molecule has 1 aromatic heterocycles. The molecule has 2 aromatic rings. The molecule has 2 heterocycles. The molecule has 1 aliphatic heterocycles. The van der Waals surface area contributed by atoms with Gasteiger partial charge in [-0.3, -0.25) is 5.32 Å². The standard InChI is InChI=1S/C17H22BrN5O2/c1-25-17(24)21-10-6-7-11-13(9-10)20-8-4-2-3-5-12(19)16-22-14(11)15(18)23-16/h6-7,9,12,20H,2-5,8,19H2,1H3,(H,21,24)(H,22,23)/t12-/m0/s1. The summed E-state index contributed by atoms with van der Waals surface area (Å²) in [5.41, 5.74) is 9.57. The molecule has 134 valence electrons. The maximum atomic E-state index is 11.5. The molecule has 25 heavy (non-hydrogen) atoms. The van der Waals surface area contributed by atoms with E-state index < -0.39 is 6.09 Å². The van der Waals surface area contributed by atoms with Gasteiger partial charge in [0.2, 0.25) is 0 Å². The van der Waals surface area contributed by atoms with Crippen molar-refractivity contribution in [3.8, 4) is 11.3 Å². The number of H-pyrrole nitrogens is 1. The Balaban J connectivity index is 2.01. The van der Waals surface area contributed by atoms with Crippen molar-refractivity contribution in [2.75, 3.05) is 24.3 Å². The number of ether oxygens (including phenoxy) is 1. The summed E-state index contributed by atoms with van der Waals surface area (Å²) in [6.07, 6.45) is 3.63. The Bertz CT molecular complexity index is 761. The smallest absolute Gasteiger partial charge is 0.411 e. The second-order valence-corrected chi connectivity index (χ2v) is 6.84. The van der Waals surface area contributed by atoms with Crippen LogP contribution in [-0.4, -0.2) is 29.7 Å². The first kappa shape index (κ1) is 17.8. The van der Waals surface area contributed by atoms with Gasteiger partial charge in [0.1, 0.15) is 16.1 Å². The fraction of sp³-hybridized carbons (Fsp3) is 0.412. The van der Waals surface area contributed by atoms with Crippen LogP contribution >= 0.6 is 15.9 Å². The number of aromatic nitrogens is 2. The third kappa shape index (κ3) is 4.13. The Morgan fingerprint density at radius 3 is 3.04 bits per heavy atom. The highest BCUT2D eigenvalue weighted by molar-refractivity contribution is 9.10. The summed E-state index contributed by atoms with van der Waals surface area (Å²) in [4.78, 5) is 19.4. The first-order valence-electron chi connectivity index (χ1n) is 8.32. The first-order valence-corrected chi connectivity index (χ1v) is 9.12. The van der Waals surface area contributed by atoms with E-state index in [2.05, 4.69) is 36.3 Å². The summed E-state index contributed by atoms with van der Waals surface area (Å²) < 4.78 is 5.45. The number of halogens is 1. The number of hydrogen-bond acceptors (Lipinski definition) is 5. The summed E-state index contributed by atoms with van der Waals surface area (Å²) in [7, 11) is 1.34. The van der Waals surface area contributed by atoms with Gasteiger partial charge in [-0.05, 0) is 47.0 Å². The van der Waals surface area contributed by atoms with Gasteiger partial charge in [-0.15, -0.1) is 0 Å². The van der Waals surface area contributed by atoms with Gasteiger partial charge < -0.3 is 20.8 Å². The number of aromatic amines is 1. The molecular weight excluding hydrogens is 386 g/mol. The van der Waals surface area contributed by atoms with Crippen molar-refractivity contribution in [2.24, 2.45) is 5.73 Å². The summed E-state index contributed by atoms with van der Waals surface area (Å²) in [6.45, 7) is 0.846. The highest BCUT2D eigenvalue weighted by atomic mass is 79.9. The van der Waals surface area contributed by atoms with Crippen LogP contribution in [0.25, 0.3) is 11.3 Å². The third-order valence-electron chi connectivity index (χ3n) is 4.24. The second kappa shape index (κ2) is 7.88. The van der Waals surface area contributed by atoms with Crippen LogP contribution in [0, 0.1) is 0 Å². The lowest BCUT2D eigenvalue weighted by Crippen LogP contribution is -2.13. The molecule has 0 spiro atoms. The lowest BCUT2D eigenvalue weighted by molar-refractivity contribution is 0.187. The van der Waals surface area contributed by atoms with Gasteiger partial charge in [-0.25, -0.2) is 9.78 Å². The maximum absolute atomic E-state index is 11.5. The van der Waals surface area contributed by atoms with Crippen molar-refractivity contribution in [2.45, 2.75) is 31.7 Å². The zero-order chi connectivity index (χ0) is 17.8. The number of nitrogens with one attached hydrogen (secondary N) is 3. The molecule has 1 aromatic carbocycles. The molecule has 0 saturated heterocycles. The normalized spacial score (nSPS) is 17.5. The topological polar surface area (TPSA) is 105 Å². The number of nitrogens with two attached hydrogens (primary N) is 1.